The second-order valence-electron chi connectivity index (χ2n) is 15.8. The minimum Gasteiger partial charge on any atom is -0.493 e. The molecule has 1 aromatic heterocycles. The lowest BCUT2D eigenvalue weighted by Crippen LogP contribution is -2.39. The van der Waals surface area contributed by atoms with Gasteiger partial charge in [-0.1, -0.05) is 64.1 Å². The van der Waals surface area contributed by atoms with Gasteiger partial charge in [0.1, 0.15) is 5.75 Å². The molecule has 0 unspecified atom stereocenters. The smallest absolute Gasteiger partial charge is 0.337 e. The van der Waals surface area contributed by atoms with Crippen molar-refractivity contribution >= 4 is 11.7 Å². The summed E-state index contributed by atoms with van der Waals surface area (Å²) in [5.41, 5.74) is 8.91. The fraction of sp³-hybridized carbons (Fsp3) is 0.550. The van der Waals surface area contributed by atoms with Crippen LogP contribution in [-0.4, -0.2) is 52.8 Å². The summed E-state index contributed by atoms with van der Waals surface area (Å²) in [6.07, 6.45) is 1.90. The molecular weight excluding hydrogens is 586 g/mol. The van der Waals surface area contributed by atoms with Crippen LogP contribution in [0.25, 0.3) is 11.1 Å². The first-order valence-corrected chi connectivity index (χ1v) is 17.3. The summed E-state index contributed by atoms with van der Waals surface area (Å²) in [5.74, 6) is 0.468. The zero-order chi connectivity index (χ0) is 34.1. The first kappa shape index (κ1) is 34.9. The summed E-state index contributed by atoms with van der Waals surface area (Å²) in [6.45, 7) is 23.8. The van der Waals surface area contributed by atoms with Crippen LogP contribution in [0, 0.1) is 25.2 Å². The fourth-order valence-electron chi connectivity index (χ4n) is 6.93. The van der Waals surface area contributed by atoms with Crippen molar-refractivity contribution in [3.05, 3.63) is 76.1 Å². The van der Waals surface area contributed by atoms with E-state index in [1.807, 2.05) is 33.8 Å². The number of hydrogen-bond acceptors (Lipinski definition) is 6. The molecule has 5 rings (SSSR count). The number of aromatic nitrogens is 1. The Bertz CT molecular complexity index is 1580. The van der Waals surface area contributed by atoms with E-state index in [0.717, 1.165) is 80.2 Å². The Morgan fingerprint density at radius 1 is 1.00 bits per heavy atom. The van der Waals surface area contributed by atoms with E-state index in [4.69, 9.17) is 14.5 Å². The molecule has 0 amide bonds. The zero-order valence-corrected chi connectivity index (χ0v) is 30.1. The Morgan fingerprint density at radius 2 is 1.70 bits per heavy atom. The molecule has 1 atom stereocenters. The topological polar surface area (TPSA) is 75.1 Å². The molecule has 47 heavy (non-hydrogen) atoms. The van der Waals surface area contributed by atoms with Crippen molar-refractivity contribution in [2.75, 3.05) is 31.1 Å². The first-order chi connectivity index (χ1) is 22.1. The van der Waals surface area contributed by atoms with E-state index in [1.54, 1.807) is 0 Å². The first-order valence-electron chi connectivity index (χ1n) is 17.3. The van der Waals surface area contributed by atoms with Crippen molar-refractivity contribution in [1.29, 1.82) is 0 Å². The number of carbonyl (C=O) groups is 1. The van der Waals surface area contributed by atoms with Crippen LogP contribution in [0.4, 0.5) is 5.69 Å². The van der Waals surface area contributed by atoms with Crippen molar-refractivity contribution in [3.8, 4) is 16.9 Å². The maximum absolute atomic E-state index is 12.9. The van der Waals surface area contributed by atoms with E-state index < -0.39 is 17.7 Å². The molecule has 0 saturated carbocycles. The number of aryl methyl sites for hydroxylation is 2. The molecule has 7 nitrogen and oxygen atoms in total. The van der Waals surface area contributed by atoms with Gasteiger partial charge in [0.15, 0.2) is 6.10 Å². The van der Waals surface area contributed by atoms with Crippen molar-refractivity contribution in [2.24, 2.45) is 11.3 Å². The fourth-order valence-corrected chi connectivity index (χ4v) is 6.93. The summed E-state index contributed by atoms with van der Waals surface area (Å²) >= 11 is 0. The Balaban J connectivity index is 1.51. The van der Waals surface area contributed by atoms with Crippen molar-refractivity contribution < 1.29 is 19.4 Å². The molecule has 7 heteroatoms. The van der Waals surface area contributed by atoms with Gasteiger partial charge in [-0.05, 0) is 88.0 Å². The third-order valence-corrected chi connectivity index (χ3v) is 9.50. The van der Waals surface area contributed by atoms with Gasteiger partial charge in [-0.25, -0.2) is 4.79 Å². The number of hydrogen-bond donors (Lipinski definition) is 1. The molecule has 3 heterocycles. The van der Waals surface area contributed by atoms with Gasteiger partial charge < -0.3 is 19.5 Å². The van der Waals surface area contributed by atoms with Crippen molar-refractivity contribution in [1.82, 2.24) is 9.88 Å². The van der Waals surface area contributed by atoms with Crippen LogP contribution in [-0.2, 0) is 29.0 Å². The van der Waals surface area contributed by atoms with E-state index in [9.17, 15) is 9.90 Å². The third kappa shape index (κ3) is 8.36. The number of nitrogens with zero attached hydrogens (tertiary/aromatic N) is 3. The van der Waals surface area contributed by atoms with Crippen molar-refractivity contribution in [3.63, 3.8) is 0 Å². The van der Waals surface area contributed by atoms with E-state index in [2.05, 4.69) is 80.8 Å². The highest BCUT2D eigenvalue weighted by Gasteiger charge is 2.36. The molecule has 0 spiro atoms. The van der Waals surface area contributed by atoms with Crippen LogP contribution in [0.3, 0.4) is 0 Å². The monoisotopic (exact) mass is 641 g/mol. The molecule has 1 N–H and O–H groups in total. The van der Waals surface area contributed by atoms with Gasteiger partial charge in [0, 0.05) is 60.8 Å². The number of benzene rings is 2. The van der Waals surface area contributed by atoms with Crippen LogP contribution in [0.15, 0.2) is 42.5 Å². The minimum atomic E-state index is -1.12. The number of para-hydroxylation sites is 1. The van der Waals surface area contributed by atoms with Crippen LogP contribution in [0.1, 0.15) is 101 Å². The third-order valence-electron chi connectivity index (χ3n) is 9.50. The summed E-state index contributed by atoms with van der Waals surface area (Å²) in [4.78, 5) is 22.7. The lowest BCUT2D eigenvalue weighted by atomic mass is 9.81. The van der Waals surface area contributed by atoms with Gasteiger partial charge in [0.05, 0.1) is 17.9 Å². The largest absolute Gasteiger partial charge is 0.493 e. The zero-order valence-electron chi connectivity index (χ0n) is 30.1. The standard InChI is InChI=1S/C40H55N3O4/c1-26(2)25-46-33-13-11-10-12-32(33)24-42-19-16-29-22-30(14-15-31(29)23-42)34-27(3)41-28(4)35(37(38(44)45)47-39(5,6)7)36(34)43-20-17-40(8,9)18-21-43/h10-15,22,26,37H,16-21,23-25H2,1-9H3,(H,44,45)/t37-/m0/s1. The van der Waals surface area contributed by atoms with Gasteiger partial charge in [-0.3, -0.25) is 9.88 Å². The van der Waals surface area contributed by atoms with Gasteiger partial charge in [-0.2, -0.15) is 0 Å². The molecule has 2 aromatic carbocycles. The normalized spacial score (nSPS) is 17.4. The molecular formula is C40H55N3O4. The summed E-state index contributed by atoms with van der Waals surface area (Å²) in [5, 5.41) is 10.5. The number of carboxylic acids is 1. The second-order valence-corrected chi connectivity index (χ2v) is 15.8. The van der Waals surface area contributed by atoms with Crippen LogP contribution in [0.2, 0.25) is 0 Å². The molecule has 0 bridgehead atoms. The minimum absolute atomic E-state index is 0.251. The average molecular weight is 642 g/mol. The number of anilines is 1. The Labute approximate surface area is 282 Å². The molecule has 2 aliphatic rings. The molecule has 254 valence electrons. The lowest BCUT2D eigenvalue weighted by molar-refractivity contribution is -0.160. The number of pyridine rings is 1. The van der Waals surface area contributed by atoms with Gasteiger partial charge in [0.2, 0.25) is 0 Å². The maximum atomic E-state index is 12.9. The highest BCUT2D eigenvalue weighted by molar-refractivity contribution is 5.88. The number of piperidine rings is 1. The maximum Gasteiger partial charge on any atom is 0.337 e. The molecule has 0 radical (unpaired) electrons. The van der Waals surface area contributed by atoms with E-state index in [-0.39, 0.29) is 5.41 Å². The average Bonchev–Trinajstić information content (AvgIpc) is 2.99. The number of ether oxygens (including phenoxy) is 2. The predicted molar refractivity (Wildman–Crippen MR) is 190 cm³/mol. The number of carboxylic acid groups (broad SMARTS) is 1. The molecule has 2 aliphatic heterocycles. The van der Waals surface area contributed by atoms with Gasteiger partial charge in [-0.15, -0.1) is 0 Å². The highest BCUT2D eigenvalue weighted by atomic mass is 16.5. The lowest BCUT2D eigenvalue weighted by Gasteiger charge is -2.41. The number of aliphatic carboxylic acids is 1. The van der Waals surface area contributed by atoms with Crippen LogP contribution >= 0.6 is 0 Å². The molecule has 0 aliphatic carbocycles. The van der Waals surface area contributed by atoms with E-state index >= 15 is 0 Å². The molecule has 1 saturated heterocycles. The van der Waals surface area contributed by atoms with Crippen LogP contribution < -0.4 is 9.64 Å². The van der Waals surface area contributed by atoms with Gasteiger partial charge in [0.25, 0.3) is 0 Å². The van der Waals surface area contributed by atoms with E-state index in [0.29, 0.717) is 23.8 Å². The highest BCUT2D eigenvalue weighted by Crippen LogP contribution is 2.45. The summed E-state index contributed by atoms with van der Waals surface area (Å²) < 4.78 is 12.4. The Morgan fingerprint density at radius 3 is 2.36 bits per heavy atom. The Kier molecular flexibility index (Phi) is 10.4. The SMILES string of the molecule is Cc1nc(C)c([C@H](OC(C)(C)C)C(=O)O)c(N2CCC(C)(C)CC2)c1-c1ccc2c(c1)CCN(Cc1ccccc1OCC(C)C)C2. The van der Waals surface area contributed by atoms with Gasteiger partial charge >= 0.3 is 5.97 Å². The van der Waals surface area contributed by atoms with Crippen molar-refractivity contribution in [2.45, 2.75) is 106 Å². The summed E-state index contributed by atoms with van der Waals surface area (Å²) in [7, 11) is 0. The second kappa shape index (κ2) is 14.0. The van der Waals surface area contributed by atoms with E-state index in [1.165, 1.54) is 16.7 Å². The number of rotatable bonds is 10. The Hall–Kier alpha value is -3.42. The molecule has 1 fully saturated rings. The van der Waals surface area contributed by atoms with Crippen LogP contribution in [0.5, 0.6) is 5.75 Å². The summed E-state index contributed by atoms with van der Waals surface area (Å²) in [6, 6.07) is 15.2. The predicted octanol–water partition coefficient (Wildman–Crippen LogP) is 8.53. The number of fused-ring (bicyclic) bond motifs is 1. The quantitative estimate of drug-likeness (QED) is 0.238. The molecule has 3 aromatic rings.